The fourth-order valence-electron chi connectivity index (χ4n) is 2.63. The Labute approximate surface area is 125 Å². The summed E-state index contributed by atoms with van der Waals surface area (Å²) in [6, 6.07) is 16.3. The van der Waals surface area contributed by atoms with Crippen LogP contribution in [-0.2, 0) is 0 Å². The van der Waals surface area contributed by atoms with Gasteiger partial charge in [-0.2, -0.15) is 0 Å². The number of rotatable bonds is 5. The van der Waals surface area contributed by atoms with Crippen LogP contribution in [0.15, 0.2) is 54.6 Å². The molecular weight excluding hydrogens is 265 g/mol. The van der Waals surface area contributed by atoms with E-state index in [1.54, 1.807) is 12.1 Å². The number of para-hydroxylation sites is 1. The lowest BCUT2D eigenvalue weighted by atomic mass is 9.82. The molecule has 0 amide bonds. The SMILES string of the molecule is CN(CC(C)(C)C(O)c1ccccc1)c1ccccc1F. The van der Waals surface area contributed by atoms with Crippen LogP contribution in [0.2, 0.25) is 0 Å². The van der Waals surface area contributed by atoms with Gasteiger partial charge >= 0.3 is 0 Å². The number of benzene rings is 2. The average molecular weight is 287 g/mol. The number of hydrogen-bond donors (Lipinski definition) is 1. The van der Waals surface area contributed by atoms with E-state index in [4.69, 9.17) is 0 Å². The van der Waals surface area contributed by atoms with E-state index < -0.39 is 11.5 Å². The number of hydrogen-bond acceptors (Lipinski definition) is 2. The van der Waals surface area contributed by atoms with E-state index in [1.165, 1.54) is 6.07 Å². The summed E-state index contributed by atoms with van der Waals surface area (Å²) < 4.78 is 13.8. The molecule has 0 aromatic heterocycles. The maximum absolute atomic E-state index is 13.8. The molecule has 0 spiro atoms. The van der Waals surface area contributed by atoms with Gasteiger partial charge in [-0.05, 0) is 17.7 Å². The van der Waals surface area contributed by atoms with Crippen LogP contribution in [0, 0.1) is 11.2 Å². The summed E-state index contributed by atoms with van der Waals surface area (Å²) >= 11 is 0. The second kappa shape index (κ2) is 6.27. The summed E-state index contributed by atoms with van der Waals surface area (Å²) in [6.45, 7) is 4.52. The first-order chi connectivity index (χ1) is 9.92. The summed E-state index contributed by atoms with van der Waals surface area (Å²) in [4.78, 5) is 1.85. The Morgan fingerprint density at radius 3 is 2.24 bits per heavy atom. The van der Waals surface area contributed by atoms with Crippen LogP contribution >= 0.6 is 0 Å². The standard InChI is InChI=1S/C18H22FNO/c1-18(2,17(21)14-9-5-4-6-10-14)13-20(3)16-12-8-7-11-15(16)19/h4-12,17,21H,13H2,1-3H3. The molecule has 2 aromatic carbocycles. The van der Waals surface area contributed by atoms with Crippen LogP contribution in [0.3, 0.4) is 0 Å². The van der Waals surface area contributed by atoms with E-state index in [2.05, 4.69) is 0 Å². The summed E-state index contributed by atoms with van der Waals surface area (Å²) in [5.74, 6) is -0.245. The predicted molar refractivity (Wildman–Crippen MR) is 84.9 cm³/mol. The molecule has 0 saturated carbocycles. The normalized spacial score (nSPS) is 13.0. The quantitative estimate of drug-likeness (QED) is 0.897. The Balaban J connectivity index is 2.15. The van der Waals surface area contributed by atoms with Crippen LogP contribution < -0.4 is 4.90 Å². The maximum atomic E-state index is 13.8. The number of anilines is 1. The maximum Gasteiger partial charge on any atom is 0.146 e. The van der Waals surface area contributed by atoms with E-state index in [0.717, 1.165) is 5.56 Å². The van der Waals surface area contributed by atoms with E-state index >= 15 is 0 Å². The molecule has 2 rings (SSSR count). The molecule has 1 atom stereocenters. The Morgan fingerprint density at radius 1 is 1.05 bits per heavy atom. The van der Waals surface area contributed by atoms with E-state index in [0.29, 0.717) is 12.2 Å². The number of aliphatic hydroxyl groups is 1. The molecule has 0 radical (unpaired) electrons. The second-order valence-corrected chi connectivity index (χ2v) is 6.11. The Bertz CT molecular complexity index is 583. The van der Waals surface area contributed by atoms with Crippen molar-refractivity contribution in [1.82, 2.24) is 0 Å². The summed E-state index contributed by atoms with van der Waals surface area (Å²) in [5, 5.41) is 10.6. The van der Waals surface area contributed by atoms with Crippen molar-refractivity contribution in [3.05, 3.63) is 66.0 Å². The van der Waals surface area contributed by atoms with Crippen molar-refractivity contribution in [2.75, 3.05) is 18.5 Å². The van der Waals surface area contributed by atoms with Gasteiger partial charge < -0.3 is 10.0 Å². The van der Waals surface area contributed by atoms with Gasteiger partial charge in [0.05, 0.1) is 11.8 Å². The zero-order valence-electron chi connectivity index (χ0n) is 12.8. The van der Waals surface area contributed by atoms with Crippen LogP contribution in [-0.4, -0.2) is 18.7 Å². The van der Waals surface area contributed by atoms with Crippen molar-refractivity contribution < 1.29 is 9.50 Å². The third kappa shape index (κ3) is 3.61. The van der Waals surface area contributed by atoms with Gasteiger partial charge in [0.1, 0.15) is 5.82 Å². The molecule has 0 heterocycles. The molecule has 0 bridgehead atoms. The lowest BCUT2D eigenvalue weighted by Gasteiger charge is -2.35. The van der Waals surface area contributed by atoms with Crippen molar-refractivity contribution in [2.45, 2.75) is 20.0 Å². The smallest absolute Gasteiger partial charge is 0.146 e. The molecule has 0 aliphatic carbocycles. The number of halogens is 1. The molecule has 1 unspecified atom stereocenters. The highest BCUT2D eigenvalue weighted by atomic mass is 19.1. The summed E-state index contributed by atoms with van der Waals surface area (Å²) in [5.41, 5.74) is 1.02. The van der Waals surface area contributed by atoms with Gasteiger partial charge in [-0.1, -0.05) is 56.3 Å². The topological polar surface area (TPSA) is 23.5 Å². The Morgan fingerprint density at radius 2 is 1.62 bits per heavy atom. The fraction of sp³-hybridized carbons (Fsp3) is 0.333. The van der Waals surface area contributed by atoms with Crippen LogP contribution in [0.5, 0.6) is 0 Å². The highest BCUT2D eigenvalue weighted by molar-refractivity contribution is 5.47. The Kier molecular flexibility index (Phi) is 4.63. The molecule has 1 N–H and O–H groups in total. The molecule has 0 aliphatic heterocycles. The predicted octanol–water partition coefficient (Wildman–Crippen LogP) is 4.02. The minimum absolute atomic E-state index is 0.245. The minimum atomic E-state index is -0.604. The van der Waals surface area contributed by atoms with Gasteiger partial charge in [-0.15, -0.1) is 0 Å². The molecule has 2 nitrogen and oxygen atoms in total. The first kappa shape index (κ1) is 15.5. The van der Waals surface area contributed by atoms with Gasteiger partial charge in [0.25, 0.3) is 0 Å². The monoisotopic (exact) mass is 287 g/mol. The van der Waals surface area contributed by atoms with Crippen molar-refractivity contribution in [1.29, 1.82) is 0 Å². The summed E-state index contributed by atoms with van der Waals surface area (Å²) in [6.07, 6.45) is -0.604. The molecule has 21 heavy (non-hydrogen) atoms. The lowest BCUT2D eigenvalue weighted by Crippen LogP contribution is -2.36. The molecule has 0 fully saturated rings. The van der Waals surface area contributed by atoms with Crippen LogP contribution in [0.1, 0.15) is 25.5 Å². The van der Waals surface area contributed by atoms with Crippen molar-refractivity contribution in [3.63, 3.8) is 0 Å². The molecule has 3 heteroatoms. The third-order valence-corrected chi connectivity index (χ3v) is 3.76. The minimum Gasteiger partial charge on any atom is -0.388 e. The van der Waals surface area contributed by atoms with Crippen molar-refractivity contribution >= 4 is 5.69 Å². The fourth-order valence-corrected chi connectivity index (χ4v) is 2.63. The van der Waals surface area contributed by atoms with Gasteiger partial charge in [-0.25, -0.2) is 4.39 Å². The number of nitrogens with zero attached hydrogens (tertiary/aromatic N) is 1. The van der Waals surface area contributed by atoms with Gasteiger partial charge in [0.15, 0.2) is 0 Å². The molecule has 0 saturated heterocycles. The zero-order valence-corrected chi connectivity index (χ0v) is 12.8. The van der Waals surface area contributed by atoms with Crippen LogP contribution in [0.25, 0.3) is 0 Å². The average Bonchev–Trinajstić information content (AvgIpc) is 2.47. The lowest BCUT2D eigenvalue weighted by molar-refractivity contribution is 0.0546. The molecular formula is C18H22FNO. The highest BCUT2D eigenvalue weighted by Crippen LogP contribution is 2.35. The summed E-state index contributed by atoms with van der Waals surface area (Å²) in [7, 11) is 1.85. The number of aliphatic hydroxyl groups excluding tert-OH is 1. The molecule has 2 aromatic rings. The van der Waals surface area contributed by atoms with Crippen LogP contribution in [0.4, 0.5) is 10.1 Å². The van der Waals surface area contributed by atoms with Crippen molar-refractivity contribution in [2.24, 2.45) is 5.41 Å². The third-order valence-electron chi connectivity index (χ3n) is 3.76. The van der Waals surface area contributed by atoms with E-state index in [-0.39, 0.29) is 5.82 Å². The van der Waals surface area contributed by atoms with E-state index in [1.807, 2.05) is 62.2 Å². The second-order valence-electron chi connectivity index (χ2n) is 6.11. The Hall–Kier alpha value is -1.87. The van der Waals surface area contributed by atoms with Gasteiger partial charge in [0, 0.05) is 19.0 Å². The molecule has 112 valence electrons. The highest BCUT2D eigenvalue weighted by Gasteiger charge is 2.31. The first-order valence-electron chi connectivity index (χ1n) is 7.10. The zero-order chi connectivity index (χ0) is 15.5. The van der Waals surface area contributed by atoms with Gasteiger partial charge in [0.2, 0.25) is 0 Å². The molecule has 0 aliphatic rings. The van der Waals surface area contributed by atoms with Crippen molar-refractivity contribution in [3.8, 4) is 0 Å². The van der Waals surface area contributed by atoms with Gasteiger partial charge in [-0.3, -0.25) is 0 Å². The first-order valence-corrected chi connectivity index (χ1v) is 7.10. The largest absolute Gasteiger partial charge is 0.388 e. The van der Waals surface area contributed by atoms with E-state index in [9.17, 15) is 9.50 Å².